The summed E-state index contributed by atoms with van der Waals surface area (Å²) in [6, 6.07) is 75.9. The number of hydrogen-bond donors (Lipinski definition) is 0. The van der Waals surface area contributed by atoms with Crippen molar-refractivity contribution in [1.82, 2.24) is 15.0 Å². The molecule has 3 heteroatoms. The molecule has 10 aromatic rings. The Morgan fingerprint density at radius 3 is 1.49 bits per heavy atom. The second-order valence-electron chi connectivity index (χ2n) is 14.8. The van der Waals surface area contributed by atoms with Gasteiger partial charge in [0.05, 0.1) is 5.41 Å². The highest BCUT2D eigenvalue weighted by atomic mass is 15.0. The average molecular weight is 726 g/mol. The lowest BCUT2D eigenvalue weighted by Gasteiger charge is -2.34. The first-order valence-corrected chi connectivity index (χ1v) is 19.4. The molecular formula is C54H35N3. The van der Waals surface area contributed by atoms with Crippen LogP contribution >= 0.6 is 0 Å². The number of fused-ring (bicyclic) bond motifs is 5. The number of aromatic nitrogens is 3. The molecule has 1 heterocycles. The standard InChI is InChI=1S/C54H35N3/c1-4-16-37(17-5-1)51-55-52(41-30-28-38-33-40(29-27-39(38)34-41)46-25-14-18-36-15-10-11-23-45(36)46)57-53(56-51)42-31-32-48-47-24-12-13-26-49(47)54(50(48)35-42,43-19-6-2-7-20-43)44-21-8-3-9-22-44/h1-35H. The quantitative estimate of drug-likeness (QED) is 0.171. The molecule has 0 radical (unpaired) electrons. The topological polar surface area (TPSA) is 38.7 Å². The molecule has 57 heavy (non-hydrogen) atoms. The number of hydrogen-bond acceptors (Lipinski definition) is 3. The van der Waals surface area contributed by atoms with E-state index in [1.807, 2.05) is 18.2 Å². The van der Waals surface area contributed by atoms with E-state index in [9.17, 15) is 0 Å². The lowest BCUT2D eigenvalue weighted by Crippen LogP contribution is -2.28. The van der Waals surface area contributed by atoms with Crippen LogP contribution in [0, 0.1) is 0 Å². The Bertz CT molecular complexity index is 3070. The van der Waals surface area contributed by atoms with Crippen LogP contribution in [0.4, 0.5) is 0 Å². The molecule has 1 aliphatic carbocycles. The summed E-state index contributed by atoms with van der Waals surface area (Å²) in [6.45, 7) is 0. The smallest absolute Gasteiger partial charge is 0.164 e. The molecular weight excluding hydrogens is 691 g/mol. The minimum atomic E-state index is -0.522. The predicted octanol–water partition coefficient (Wildman–Crippen LogP) is 13.2. The Labute approximate surface area is 331 Å². The van der Waals surface area contributed by atoms with E-state index in [0.29, 0.717) is 17.5 Å². The van der Waals surface area contributed by atoms with Gasteiger partial charge < -0.3 is 0 Å². The van der Waals surface area contributed by atoms with Crippen LogP contribution in [0.15, 0.2) is 212 Å². The zero-order chi connectivity index (χ0) is 37.8. The number of nitrogens with zero attached hydrogens (tertiary/aromatic N) is 3. The predicted molar refractivity (Wildman–Crippen MR) is 234 cm³/mol. The Morgan fingerprint density at radius 2 is 0.772 bits per heavy atom. The van der Waals surface area contributed by atoms with Gasteiger partial charge in [-0.15, -0.1) is 0 Å². The van der Waals surface area contributed by atoms with Crippen LogP contribution in [0.3, 0.4) is 0 Å². The summed E-state index contributed by atoms with van der Waals surface area (Å²) in [7, 11) is 0. The molecule has 11 rings (SSSR count). The third-order valence-corrected chi connectivity index (χ3v) is 11.6. The highest BCUT2D eigenvalue weighted by Crippen LogP contribution is 2.56. The molecule has 3 nitrogen and oxygen atoms in total. The van der Waals surface area contributed by atoms with Crippen LogP contribution < -0.4 is 0 Å². The molecule has 0 aliphatic heterocycles. The fraction of sp³-hybridized carbons (Fsp3) is 0.0185. The average Bonchev–Trinajstić information content (AvgIpc) is 3.59. The van der Waals surface area contributed by atoms with Crippen molar-refractivity contribution >= 4 is 21.5 Å². The monoisotopic (exact) mass is 725 g/mol. The normalized spacial score (nSPS) is 12.7. The first kappa shape index (κ1) is 32.9. The van der Waals surface area contributed by atoms with Crippen LogP contribution in [-0.4, -0.2) is 15.0 Å². The minimum Gasteiger partial charge on any atom is -0.208 e. The van der Waals surface area contributed by atoms with Crippen LogP contribution in [0.25, 0.3) is 78.0 Å². The molecule has 9 aromatic carbocycles. The summed E-state index contributed by atoms with van der Waals surface area (Å²) < 4.78 is 0. The lowest BCUT2D eigenvalue weighted by molar-refractivity contribution is 0.768. The van der Waals surface area contributed by atoms with Gasteiger partial charge in [-0.05, 0) is 84.3 Å². The molecule has 0 spiro atoms. The highest BCUT2D eigenvalue weighted by Gasteiger charge is 2.46. The van der Waals surface area contributed by atoms with Gasteiger partial charge in [-0.3, -0.25) is 0 Å². The van der Waals surface area contributed by atoms with Gasteiger partial charge >= 0.3 is 0 Å². The summed E-state index contributed by atoms with van der Waals surface area (Å²) >= 11 is 0. The summed E-state index contributed by atoms with van der Waals surface area (Å²) in [5, 5.41) is 4.79. The molecule has 0 amide bonds. The molecule has 0 atom stereocenters. The maximum atomic E-state index is 5.25. The zero-order valence-corrected chi connectivity index (χ0v) is 31.0. The fourth-order valence-electron chi connectivity index (χ4n) is 8.96. The zero-order valence-electron chi connectivity index (χ0n) is 31.0. The van der Waals surface area contributed by atoms with Gasteiger partial charge in [0.25, 0.3) is 0 Å². The maximum absolute atomic E-state index is 5.25. The largest absolute Gasteiger partial charge is 0.208 e. The van der Waals surface area contributed by atoms with Gasteiger partial charge in [-0.1, -0.05) is 194 Å². The van der Waals surface area contributed by atoms with Crippen molar-refractivity contribution < 1.29 is 0 Å². The third kappa shape index (κ3) is 5.39. The van der Waals surface area contributed by atoms with E-state index in [1.165, 1.54) is 55.3 Å². The molecule has 1 aromatic heterocycles. The maximum Gasteiger partial charge on any atom is 0.164 e. The first-order chi connectivity index (χ1) is 28.2. The van der Waals surface area contributed by atoms with Crippen LogP contribution in [0.5, 0.6) is 0 Å². The minimum absolute atomic E-state index is 0.522. The summed E-state index contributed by atoms with van der Waals surface area (Å²) in [5.41, 5.74) is 12.1. The molecule has 266 valence electrons. The number of rotatable bonds is 6. The Hall–Kier alpha value is -7.49. The molecule has 1 aliphatic rings. The van der Waals surface area contributed by atoms with Gasteiger partial charge in [0.15, 0.2) is 17.5 Å². The van der Waals surface area contributed by atoms with Gasteiger partial charge in [-0.25, -0.2) is 15.0 Å². The molecule has 0 bridgehead atoms. The van der Waals surface area contributed by atoms with Gasteiger partial charge in [0.1, 0.15) is 0 Å². The van der Waals surface area contributed by atoms with E-state index in [4.69, 9.17) is 15.0 Å². The fourth-order valence-corrected chi connectivity index (χ4v) is 8.96. The van der Waals surface area contributed by atoms with E-state index in [0.717, 1.165) is 27.5 Å². The Morgan fingerprint density at radius 1 is 0.281 bits per heavy atom. The molecule has 0 saturated heterocycles. The van der Waals surface area contributed by atoms with Crippen molar-refractivity contribution in [1.29, 1.82) is 0 Å². The van der Waals surface area contributed by atoms with Crippen molar-refractivity contribution in [2.24, 2.45) is 0 Å². The van der Waals surface area contributed by atoms with Gasteiger partial charge in [-0.2, -0.15) is 0 Å². The van der Waals surface area contributed by atoms with Crippen molar-refractivity contribution in [2.75, 3.05) is 0 Å². The summed E-state index contributed by atoms with van der Waals surface area (Å²) in [6.07, 6.45) is 0. The van der Waals surface area contributed by atoms with Crippen molar-refractivity contribution in [2.45, 2.75) is 5.41 Å². The SMILES string of the molecule is c1ccc(-c2nc(-c3ccc4c(c3)C(c3ccccc3)(c3ccccc3)c3ccccc3-4)nc(-c3ccc4cc(-c5cccc6ccccc56)ccc4c3)n2)cc1. The Balaban J connectivity index is 1.08. The number of benzene rings is 9. The first-order valence-electron chi connectivity index (χ1n) is 19.4. The van der Waals surface area contributed by atoms with E-state index >= 15 is 0 Å². The third-order valence-electron chi connectivity index (χ3n) is 11.6. The van der Waals surface area contributed by atoms with Crippen molar-refractivity contribution in [3.05, 3.63) is 235 Å². The van der Waals surface area contributed by atoms with E-state index in [-0.39, 0.29) is 0 Å². The summed E-state index contributed by atoms with van der Waals surface area (Å²) in [4.78, 5) is 15.5. The lowest BCUT2D eigenvalue weighted by atomic mass is 9.67. The van der Waals surface area contributed by atoms with E-state index in [1.54, 1.807) is 0 Å². The second kappa shape index (κ2) is 13.4. The molecule has 0 fully saturated rings. The molecule has 0 unspecified atom stereocenters. The van der Waals surface area contributed by atoms with Gasteiger partial charge in [0.2, 0.25) is 0 Å². The highest BCUT2D eigenvalue weighted by molar-refractivity contribution is 5.99. The second-order valence-corrected chi connectivity index (χ2v) is 14.8. The van der Waals surface area contributed by atoms with E-state index < -0.39 is 5.41 Å². The van der Waals surface area contributed by atoms with Crippen molar-refractivity contribution in [3.8, 4) is 56.4 Å². The van der Waals surface area contributed by atoms with Gasteiger partial charge in [0, 0.05) is 16.7 Å². The summed E-state index contributed by atoms with van der Waals surface area (Å²) in [5.74, 6) is 1.92. The molecule has 0 N–H and O–H groups in total. The van der Waals surface area contributed by atoms with Crippen molar-refractivity contribution in [3.63, 3.8) is 0 Å². The van der Waals surface area contributed by atoms with Crippen LogP contribution in [-0.2, 0) is 5.41 Å². The molecule has 0 saturated carbocycles. The van der Waals surface area contributed by atoms with E-state index in [2.05, 4.69) is 194 Å². The Kier molecular flexibility index (Phi) is 7.71. The van der Waals surface area contributed by atoms with Crippen LogP contribution in [0.1, 0.15) is 22.3 Å². The van der Waals surface area contributed by atoms with Crippen LogP contribution in [0.2, 0.25) is 0 Å².